The highest BCUT2D eigenvalue weighted by Crippen LogP contribution is 2.25. The summed E-state index contributed by atoms with van der Waals surface area (Å²) in [6.45, 7) is 4.01. The minimum Gasteiger partial charge on any atom is -0.335 e. The van der Waals surface area contributed by atoms with Crippen LogP contribution in [0.25, 0.3) is 0 Å². The van der Waals surface area contributed by atoms with Crippen LogP contribution in [-0.2, 0) is 10.0 Å². The summed E-state index contributed by atoms with van der Waals surface area (Å²) in [5.41, 5.74) is 0. The Morgan fingerprint density at radius 2 is 2.06 bits per heavy atom. The number of thiophene rings is 1. The Bertz CT molecular complexity index is 481. The summed E-state index contributed by atoms with van der Waals surface area (Å²) in [6.07, 6.45) is 3.48. The molecule has 7 heteroatoms. The van der Waals surface area contributed by atoms with Crippen molar-refractivity contribution >= 4 is 33.0 Å². The lowest BCUT2D eigenvalue weighted by Gasteiger charge is -2.11. The molecule has 0 atom stereocenters. The van der Waals surface area contributed by atoms with Gasteiger partial charge in [0.2, 0.25) is 10.0 Å². The maximum atomic E-state index is 11.9. The molecule has 0 aromatic carbocycles. The average molecular weight is 310 g/mol. The van der Waals surface area contributed by atoms with Gasteiger partial charge in [-0.05, 0) is 12.1 Å². The van der Waals surface area contributed by atoms with Crippen molar-refractivity contribution in [2.45, 2.75) is 23.5 Å². The van der Waals surface area contributed by atoms with Crippen molar-refractivity contribution < 1.29 is 13.3 Å². The largest absolute Gasteiger partial charge is 0.335 e. The molecule has 102 valence electrons. The molecule has 0 saturated carbocycles. The molecule has 0 unspecified atom stereocenters. The molecule has 1 aromatic rings. The second-order valence-corrected chi connectivity index (χ2v) is 8.23. The van der Waals surface area contributed by atoms with Crippen LogP contribution in [0.4, 0.5) is 0 Å². The quantitative estimate of drug-likeness (QED) is 0.762. The van der Waals surface area contributed by atoms with Crippen molar-refractivity contribution in [3.8, 4) is 0 Å². The number of rotatable bonds is 6. The zero-order valence-corrected chi connectivity index (χ0v) is 12.5. The Labute approximate surface area is 117 Å². The number of nitrogens with one attached hydrogen (secondary N) is 2. The van der Waals surface area contributed by atoms with Gasteiger partial charge in [0.1, 0.15) is 4.21 Å². The van der Waals surface area contributed by atoms with Crippen LogP contribution in [0, 0.1) is 0 Å². The van der Waals surface area contributed by atoms with E-state index >= 15 is 0 Å². The second kappa shape index (κ2) is 6.34. The first-order chi connectivity index (χ1) is 8.58. The van der Waals surface area contributed by atoms with Gasteiger partial charge in [-0.3, -0.25) is 0 Å². The van der Waals surface area contributed by atoms with Gasteiger partial charge in [0.15, 0.2) is 0 Å². The monoisotopic (exact) mass is 309 g/mol. The molecular weight excluding hydrogens is 292 g/mol. The van der Waals surface area contributed by atoms with Gasteiger partial charge in [0.25, 0.3) is 0 Å². The summed E-state index contributed by atoms with van der Waals surface area (Å²) in [5.74, 6) is 0. The van der Waals surface area contributed by atoms with Crippen LogP contribution in [0.1, 0.15) is 19.3 Å². The predicted octanol–water partition coefficient (Wildman–Crippen LogP) is 0.749. The van der Waals surface area contributed by atoms with E-state index in [1.54, 1.807) is 17.0 Å². The summed E-state index contributed by atoms with van der Waals surface area (Å²) in [4.78, 5) is 1.59. The lowest BCUT2D eigenvalue weighted by atomic mass is 10.4. The van der Waals surface area contributed by atoms with Crippen LogP contribution in [0.2, 0.25) is 4.34 Å². The normalized spacial score (nSPS) is 17.4. The fourth-order valence-corrected chi connectivity index (χ4v) is 4.78. The molecule has 18 heavy (non-hydrogen) atoms. The number of hydrogen-bond acceptors (Lipinski definition) is 3. The van der Waals surface area contributed by atoms with Crippen LogP contribution in [-0.4, -0.2) is 34.6 Å². The van der Waals surface area contributed by atoms with Crippen molar-refractivity contribution in [1.82, 2.24) is 4.72 Å². The summed E-state index contributed by atoms with van der Waals surface area (Å²) in [5, 5.41) is 0. The van der Waals surface area contributed by atoms with Gasteiger partial charge in [0, 0.05) is 25.8 Å². The van der Waals surface area contributed by atoms with Crippen molar-refractivity contribution in [2.24, 2.45) is 0 Å². The van der Waals surface area contributed by atoms with Gasteiger partial charge < -0.3 is 4.90 Å². The van der Waals surface area contributed by atoms with Gasteiger partial charge >= 0.3 is 0 Å². The Kier molecular flexibility index (Phi) is 5.03. The zero-order valence-electron chi connectivity index (χ0n) is 10.1. The van der Waals surface area contributed by atoms with Gasteiger partial charge in [-0.25, -0.2) is 13.1 Å². The van der Waals surface area contributed by atoms with E-state index in [1.807, 2.05) is 0 Å². The molecule has 0 aliphatic carbocycles. The Balaban J connectivity index is 1.75. The summed E-state index contributed by atoms with van der Waals surface area (Å²) >= 11 is 6.82. The van der Waals surface area contributed by atoms with E-state index in [4.69, 9.17) is 11.6 Å². The van der Waals surface area contributed by atoms with Crippen molar-refractivity contribution in [3.05, 3.63) is 16.5 Å². The van der Waals surface area contributed by atoms with Crippen LogP contribution < -0.4 is 9.62 Å². The topological polar surface area (TPSA) is 50.6 Å². The molecule has 0 radical (unpaired) electrons. The molecule has 2 rings (SSSR count). The number of hydrogen-bond donors (Lipinski definition) is 2. The lowest BCUT2D eigenvalue weighted by molar-refractivity contribution is -0.887. The van der Waals surface area contributed by atoms with E-state index in [0.29, 0.717) is 15.1 Å². The number of halogens is 1. The lowest BCUT2D eigenvalue weighted by Crippen LogP contribution is -3.10. The fraction of sp³-hybridized carbons (Fsp3) is 0.636. The molecule has 4 nitrogen and oxygen atoms in total. The Morgan fingerprint density at radius 1 is 1.33 bits per heavy atom. The van der Waals surface area contributed by atoms with E-state index < -0.39 is 10.0 Å². The first kappa shape index (κ1) is 14.3. The third-order valence-electron chi connectivity index (χ3n) is 3.12. The highest BCUT2D eigenvalue weighted by Gasteiger charge is 2.17. The Morgan fingerprint density at radius 3 is 2.67 bits per heavy atom. The van der Waals surface area contributed by atoms with Crippen LogP contribution >= 0.6 is 22.9 Å². The third kappa shape index (κ3) is 3.93. The molecular formula is C11H18ClN2O2S2+. The zero-order chi connectivity index (χ0) is 13.0. The molecule has 1 aromatic heterocycles. The summed E-state index contributed by atoms with van der Waals surface area (Å²) < 4.78 is 27.2. The molecule has 1 saturated heterocycles. The van der Waals surface area contributed by atoms with E-state index in [0.717, 1.165) is 24.3 Å². The minimum absolute atomic E-state index is 0.293. The minimum atomic E-state index is -3.36. The van der Waals surface area contributed by atoms with Gasteiger partial charge in [-0.1, -0.05) is 11.6 Å². The molecule has 2 N–H and O–H groups in total. The molecule has 0 spiro atoms. The highest BCUT2D eigenvalue weighted by atomic mass is 35.5. The summed E-state index contributed by atoms with van der Waals surface area (Å²) in [6, 6.07) is 3.15. The van der Waals surface area contributed by atoms with E-state index in [-0.39, 0.29) is 0 Å². The average Bonchev–Trinajstić information content (AvgIpc) is 2.95. The SMILES string of the molecule is O=S(=O)(NCCC[NH+]1CCCC1)c1ccc(Cl)s1. The van der Waals surface area contributed by atoms with Crippen molar-refractivity contribution in [3.63, 3.8) is 0 Å². The van der Waals surface area contributed by atoms with Crippen molar-refractivity contribution in [1.29, 1.82) is 0 Å². The smallest absolute Gasteiger partial charge is 0.250 e. The van der Waals surface area contributed by atoms with Crippen LogP contribution in [0.5, 0.6) is 0 Å². The van der Waals surface area contributed by atoms with Gasteiger partial charge in [-0.2, -0.15) is 0 Å². The second-order valence-electron chi connectivity index (χ2n) is 4.52. The maximum Gasteiger partial charge on any atom is 0.250 e. The van der Waals surface area contributed by atoms with Gasteiger partial charge in [-0.15, -0.1) is 11.3 Å². The predicted molar refractivity (Wildman–Crippen MR) is 73.9 cm³/mol. The van der Waals surface area contributed by atoms with E-state index in [9.17, 15) is 8.42 Å². The fourth-order valence-electron chi connectivity index (χ4n) is 2.18. The molecule has 0 amide bonds. The molecule has 2 heterocycles. The van der Waals surface area contributed by atoms with E-state index in [1.165, 1.54) is 25.9 Å². The summed E-state index contributed by atoms with van der Waals surface area (Å²) in [7, 11) is -3.36. The molecule has 1 fully saturated rings. The number of likely N-dealkylation sites (tertiary alicyclic amines) is 1. The molecule has 1 aliphatic rings. The van der Waals surface area contributed by atoms with Crippen LogP contribution in [0.3, 0.4) is 0 Å². The Hall–Kier alpha value is -0.140. The third-order valence-corrected chi connectivity index (χ3v) is 6.31. The first-order valence-electron chi connectivity index (χ1n) is 6.16. The van der Waals surface area contributed by atoms with Gasteiger partial charge in [0.05, 0.1) is 24.0 Å². The number of quaternary nitrogens is 1. The van der Waals surface area contributed by atoms with Crippen LogP contribution in [0.15, 0.2) is 16.3 Å². The molecule has 0 bridgehead atoms. The maximum absolute atomic E-state index is 11.9. The first-order valence-corrected chi connectivity index (χ1v) is 8.84. The van der Waals surface area contributed by atoms with E-state index in [2.05, 4.69) is 4.72 Å². The standard InChI is InChI=1S/C11H17ClN2O2S2/c12-10-4-5-11(17-10)18(15,16)13-6-3-9-14-7-1-2-8-14/h4-5,13H,1-3,6-9H2/p+1. The van der Waals surface area contributed by atoms with Crippen molar-refractivity contribution in [2.75, 3.05) is 26.2 Å². The molecule has 1 aliphatic heterocycles. The highest BCUT2D eigenvalue weighted by molar-refractivity contribution is 7.91. The number of sulfonamides is 1.